The predicted molar refractivity (Wildman–Crippen MR) is 54.9 cm³/mol. The van der Waals surface area contributed by atoms with Crippen molar-refractivity contribution in [3.63, 3.8) is 0 Å². The maximum Gasteiger partial charge on any atom is 0.201 e. The normalized spacial score (nSPS) is 18.1. The number of hydrogen-bond donors (Lipinski definition) is 0. The van der Waals surface area contributed by atoms with Gasteiger partial charge in [-0.15, -0.1) is 0 Å². The first kappa shape index (κ1) is 9.19. The largest absolute Gasteiger partial charge is 0.371 e. The van der Waals surface area contributed by atoms with Crippen molar-refractivity contribution >= 4 is 12.0 Å². The third-order valence-corrected chi connectivity index (χ3v) is 2.69. The number of pyridine rings is 1. The van der Waals surface area contributed by atoms with Gasteiger partial charge < -0.3 is 4.90 Å². The summed E-state index contributed by atoms with van der Waals surface area (Å²) >= 11 is 0. The topological polar surface area (TPSA) is 33.2 Å². The number of anilines is 1. The van der Waals surface area contributed by atoms with Crippen LogP contribution >= 0.6 is 0 Å². The number of hydrogen-bond acceptors (Lipinski definition) is 3. The Bertz CT molecular complexity index is 291. The van der Waals surface area contributed by atoms with Crippen LogP contribution in [-0.4, -0.2) is 24.4 Å². The second-order valence-corrected chi connectivity index (χ2v) is 3.58. The summed E-state index contributed by atoms with van der Waals surface area (Å²) in [5.74, 6) is 0.146. The molecule has 2 heterocycles. The Balaban J connectivity index is 1.99. The van der Waals surface area contributed by atoms with Crippen LogP contribution in [0.2, 0.25) is 0 Å². The van der Waals surface area contributed by atoms with Crippen LogP contribution in [0.3, 0.4) is 0 Å². The molecule has 1 fully saturated rings. The first-order valence-electron chi connectivity index (χ1n) is 4.93. The van der Waals surface area contributed by atoms with E-state index in [9.17, 15) is 4.79 Å². The van der Waals surface area contributed by atoms with Crippen molar-refractivity contribution in [2.45, 2.75) is 12.8 Å². The molecule has 1 aliphatic rings. The van der Waals surface area contributed by atoms with Crippen LogP contribution in [0, 0.1) is 5.92 Å². The van der Waals surface area contributed by atoms with E-state index in [2.05, 4.69) is 16.2 Å². The highest BCUT2D eigenvalue weighted by molar-refractivity contribution is 5.56. The highest BCUT2D eigenvalue weighted by Crippen LogP contribution is 2.21. The van der Waals surface area contributed by atoms with Gasteiger partial charge in [0, 0.05) is 37.1 Å². The Morgan fingerprint density at radius 2 is 1.93 bits per heavy atom. The van der Waals surface area contributed by atoms with Gasteiger partial charge in [0.2, 0.25) is 6.29 Å². The third-order valence-electron chi connectivity index (χ3n) is 2.69. The summed E-state index contributed by atoms with van der Waals surface area (Å²) < 4.78 is 0. The van der Waals surface area contributed by atoms with E-state index in [1.807, 2.05) is 12.1 Å². The van der Waals surface area contributed by atoms with Gasteiger partial charge in [0.1, 0.15) is 0 Å². The lowest BCUT2D eigenvalue weighted by molar-refractivity contribution is 0.458. The van der Waals surface area contributed by atoms with Crippen molar-refractivity contribution in [1.82, 2.24) is 4.98 Å². The van der Waals surface area contributed by atoms with Crippen LogP contribution in [0.1, 0.15) is 12.8 Å². The summed E-state index contributed by atoms with van der Waals surface area (Å²) in [6.07, 6.45) is 7.53. The summed E-state index contributed by atoms with van der Waals surface area (Å²) in [5, 5.41) is 0. The molecule has 0 N–H and O–H groups in total. The zero-order chi connectivity index (χ0) is 9.80. The summed E-state index contributed by atoms with van der Waals surface area (Å²) in [4.78, 5) is 16.7. The van der Waals surface area contributed by atoms with E-state index in [1.165, 1.54) is 5.69 Å². The van der Waals surface area contributed by atoms with Gasteiger partial charge in [0.25, 0.3) is 0 Å². The number of piperidine rings is 1. The van der Waals surface area contributed by atoms with Gasteiger partial charge in [-0.3, -0.25) is 9.78 Å². The minimum atomic E-state index is 0.146. The van der Waals surface area contributed by atoms with Crippen molar-refractivity contribution in [2.24, 2.45) is 5.92 Å². The van der Waals surface area contributed by atoms with E-state index in [-0.39, 0.29) is 5.92 Å². The molecule has 0 amide bonds. The standard InChI is InChI=1S/C11H13N2O/c14-9-10-3-7-13(8-4-10)11-1-5-12-6-2-11/h1-2,5-6,10H,3-4,7-8H2. The van der Waals surface area contributed by atoms with E-state index < -0.39 is 0 Å². The van der Waals surface area contributed by atoms with Crippen LogP contribution in [-0.2, 0) is 4.79 Å². The van der Waals surface area contributed by atoms with Crippen molar-refractivity contribution in [3.8, 4) is 0 Å². The van der Waals surface area contributed by atoms with Gasteiger partial charge in [-0.25, -0.2) is 0 Å². The van der Waals surface area contributed by atoms with E-state index in [1.54, 1.807) is 12.4 Å². The molecule has 0 bridgehead atoms. The fraction of sp³-hybridized carbons (Fsp3) is 0.455. The molecule has 73 valence electrons. The van der Waals surface area contributed by atoms with Gasteiger partial charge in [-0.2, -0.15) is 0 Å². The molecule has 1 radical (unpaired) electrons. The van der Waals surface area contributed by atoms with Gasteiger partial charge in [-0.05, 0) is 25.0 Å². The lowest BCUT2D eigenvalue weighted by Crippen LogP contribution is -2.33. The fourth-order valence-corrected chi connectivity index (χ4v) is 1.81. The molecular formula is C11H13N2O. The molecule has 0 atom stereocenters. The lowest BCUT2D eigenvalue weighted by Gasteiger charge is -2.31. The first-order valence-corrected chi connectivity index (χ1v) is 4.93. The quantitative estimate of drug-likeness (QED) is 0.705. The van der Waals surface area contributed by atoms with E-state index in [4.69, 9.17) is 0 Å². The van der Waals surface area contributed by atoms with E-state index in [0.717, 1.165) is 25.9 Å². The second kappa shape index (κ2) is 4.22. The lowest BCUT2D eigenvalue weighted by atomic mass is 9.98. The molecular weight excluding hydrogens is 176 g/mol. The van der Waals surface area contributed by atoms with Gasteiger partial charge in [0.15, 0.2) is 0 Å². The van der Waals surface area contributed by atoms with Crippen LogP contribution in [0.25, 0.3) is 0 Å². The Kier molecular flexibility index (Phi) is 2.77. The molecule has 0 aliphatic carbocycles. The van der Waals surface area contributed by atoms with Crippen LogP contribution in [0.5, 0.6) is 0 Å². The third kappa shape index (κ3) is 1.92. The van der Waals surface area contributed by atoms with Crippen LogP contribution in [0.15, 0.2) is 24.5 Å². The maximum atomic E-state index is 10.4. The van der Waals surface area contributed by atoms with Crippen molar-refractivity contribution in [1.29, 1.82) is 0 Å². The molecule has 1 aromatic heterocycles. The van der Waals surface area contributed by atoms with Crippen LogP contribution in [0.4, 0.5) is 5.69 Å². The molecule has 2 rings (SSSR count). The summed E-state index contributed by atoms with van der Waals surface area (Å²) in [6.45, 7) is 1.90. The van der Waals surface area contributed by atoms with Crippen molar-refractivity contribution < 1.29 is 4.79 Å². The SMILES string of the molecule is O=[C]C1CCN(c2ccncc2)CC1. The number of nitrogens with zero attached hydrogens (tertiary/aromatic N) is 2. The van der Waals surface area contributed by atoms with Crippen molar-refractivity contribution in [2.75, 3.05) is 18.0 Å². The minimum absolute atomic E-state index is 0.146. The smallest absolute Gasteiger partial charge is 0.201 e. The molecule has 0 spiro atoms. The number of aromatic nitrogens is 1. The molecule has 0 unspecified atom stereocenters. The molecule has 14 heavy (non-hydrogen) atoms. The molecule has 1 aliphatic heterocycles. The van der Waals surface area contributed by atoms with E-state index >= 15 is 0 Å². The highest BCUT2D eigenvalue weighted by Gasteiger charge is 2.18. The van der Waals surface area contributed by atoms with Gasteiger partial charge in [0.05, 0.1) is 0 Å². The minimum Gasteiger partial charge on any atom is -0.371 e. The summed E-state index contributed by atoms with van der Waals surface area (Å²) in [5.41, 5.74) is 1.20. The van der Waals surface area contributed by atoms with Crippen LogP contribution < -0.4 is 4.90 Å². The summed E-state index contributed by atoms with van der Waals surface area (Å²) in [6, 6.07) is 4.01. The van der Waals surface area contributed by atoms with E-state index in [0.29, 0.717) is 0 Å². The zero-order valence-electron chi connectivity index (χ0n) is 8.02. The second-order valence-electron chi connectivity index (χ2n) is 3.58. The molecule has 0 aromatic carbocycles. The number of carbonyl (C=O) groups excluding carboxylic acids is 1. The monoisotopic (exact) mass is 189 g/mol. The Labute approximate surface area is 83.8 Å². The molecule has 1 aromatic rings. The number of rotatable bonds is 2. The Morgan fingerprint density at radius 1 is 1.29 bits per heavy atom. The van der Waals surface area contributed by atoms with Crippen molar-refractivity contribution in [3.05, 3.63) is 24.5 Å². The van der Waals surface area contributed by atoms with Gasteiger partial charge >= 0.3 is 0 Å². The first-order chi connectivity index (χ1) is 6.90. The summed E-state index contributed by atoms with van der Waals surface area (Å²) in [7, 11) is 0. The fourth-order valence-electron chi connectivity index (χ4n) is 1.81. The highest BCUT2D eigenvalue weighted by atomic mass is 16.1. The molecule has 0 saturated carbocycles. The molecule has 3 heteroatoms. The molecule has 3 nitrogen and oxygen atoms in total. The predicted octanol–water partition coefficient (Wildman–Crippen LogP) is 1.41. The molecule has 1 saturated heterocycles. The maximum absolute atomic E-state index is 10.4. The average molecular weight is 189 g/mol. The Hall–Kier alpha value is -1.38. The average Bonchev–Trinajstić information content (AvgIpc) is 2.30. The zero-order valence-corrected chi connectivity index (χ0v) is 8.02. The van der Waals surface area contributed by atoms with Gasteiger partial charge in [-0.1, -0.05) is 0 Å². The Morgan fingerprint density at radius 3 is 2.50 bits per heavy atom.